The third-order valence-corrected chi connectivity index (χ3v) is 2.95. The third-order valence-electron chi connectivity index (χ3n) is 2.63. The molecule has 0 aliphatic rings. The molecule has 0 aliphatic carbocycles. The van der Waals surface area contributed by atoms with E-state index in [2.05, 4.69) is 13.8 Å². The molecule has 2 nitrogen and oxygen atoms in total. The van der Waals surface area contributed by atoms with E-state index in [9.17, 15) is 0 Å². The summed E-state index contributed by atoms with van der Waals surface area (Å²) in [5.74, 6) is 1.15. The fourth-order valence-electron chi connectivity index (χ4n) is 1.69. The monoisotopic (exact) mass is 241 g/mol. The molecule has 90 valence electrons. The Labute approximate surface area is 103 Å². The van der Waals surface area contributed by atoms with Crippen LogP contribution in [0.4, 0.5) is 0 Å². The average molecular weight is 242 g/mol. The van der Waals surface area contributed by atoms with Crippen molar-refractivity contribution in [2.75, 3.05) is 7.11 Å². The van der Waals surface area contributed by atoms with Crippen molar-refractivity contribution in [3.63, 3.8) is 0 Å². The van der Waals surface area contributed by atoms with Crippen molar-refractivity contribution < 1.29 is 4.74 Å². The zero-order chi connectivity index (χ0) is 12.5. The first-order valence-corrected chi connectivity index (χ1v) is 5.82. The molecule has 0 radical (unpaired) electrons. The number of benzene rings is 1. The van der Waals surface area contributed by atoms with E-state index in [1.165, 1.54) is 0 Å². The minimum absolute atomic E-state index is 0.331. The Morgan fingerprint density at radius 3 is 2.25 bits per heavy atom. The van der Waals surface area contributed by atoms with Crippen LogP contribution < -0.4 is 10.5 Å². The quantitative estimate of drug-likeness (QED) is 0.877. The predicted octanol–water partition coefficient (Wildman–Crippen LogP) is 3.67. The molecule has 0 aromatic heterocycles. The number of hydrogen-bond donors (Lipinski definition) is 1. The van der Waals surface area contributed by atoms with Crippen LogP contribution in [0.2, 0.25) is 5.02 Å². The van der Waals surface area contributed by atoms with E-state index in [0.717, 1.165) is 21.9 Å². The first kappa shape index (κ1) is 13.3. The molecule has 0 bridgehead atoms. The van der Waals surface area contributed by atoms with E-state index in [1.807, 2.05) is 26.0 Å². The molecule has 0 saturated carbocycles. The van der Waals surface area contributed by atoms with Crippen LogP contribution in [-0.4, -0.2) is 7.11 Å². The van der Waals surface area contributed by atoms with E-state index in [4.69, 9.17) is 22.1 Å². The van der Waals surface area contributed by atoms with Gasteiger partial charge in [-0.05, 0) is 37.5 Å². The van der Waals surface area contributed by atoms with E-state index >= 15 is 0 Å². The van der Waals surface area contributed by atoms with Crippen molar-refractivity contribution in [1.82, 2.24) is 0 Å². The molecule has 0 aliphatic heterocycles. The molecular formula is C13H20ClNO. The van der Waals surface area contributed by atoms with Crippen LogP contribution in [0.25, 0.3) is 0 Å². The topological polar surface area (TPSA) is 35.2 Å². The highest BCUT2D eigenvalue weighted by Crippen LogP contribution is 2.36. The summed E-state index contributed by atoms with van der Waals surface area (Å²) in [6, 6.07) is 3.90. The Balaban J connectivity index is 3.38. The van der Waals surface area contributed by atoms with Crippen LogP contribution in [0, 0.1) is 0 Å². The number of methoxy groups -OCH3 is 1. The van der Waals surface area contributed by atoms with Crippen LogP contribution in [0.5, 0.6) is 5.75 Å². The summed E-state index contributed by atoms with van der Waals surface area (Å²) in [5, 5.41) is 0.725. The number of nitrogens with two attached hydrogens (primary N) is 1. The highest BCUT2D eigenvalue weighted by Gasteiger charge is 2.20. The van der Waals surface area contributed by atoms with Gasteiger partial charge in [0.1, 0.15) is 5.75 Å². The Morgan fingerprint density at radius 1 is 1.31 bits per heavy atom. The highest BCUT2D eigenvalue weighted by atomic mass is 35.5. The van der Waals surface area contributed by atoms with E-state index in [1.54, 1.807) is 7.11 Å². The Hall–Kier alpha value is -0.730. The molecule has 0 unspecified atom stereocenters. The summed E-state index contributed by atoms with van der Waals surface area (Å²) in [4.78, 5) is 0. The molecule has 1 rings (SSSR count). The molecule has 0 fully saturated rings. The minimum atomic E-state index is -0.410. The van der Waals surface area contributed by atoms with Gasteiger partial charge >= 0.3 is 0 Å². The van der Waals surface area contributed by atoms with E-state index in [-0.39, 0.29) is 0 Å². The van der Waals surface area contributed by atoms with Crippen LogP contribution in [-0.2, 0) is 5.54 Å². The molecule has 0 spiro atoms. The van der Waals surface area contributed by atoms with Crippen molar-refractivity contribution in [1.29, 1.82) is 0 Å². The van der Waals surface area contributed by atoms with E-state index in [0.29, 0.717) is 5.92 Å². The van der Waals surface area contributed by atoms with Gasteiger partial charge in [0.25, 0.3) is 0 Å². The second-order valence-electron chi connectivity index (χ2n) is 4.95. The standard InChI is InChI=1S/C13H20ClNO/c1-8(2)12-10(14)6-9(13(3,4)15)7-11(12)16-5/h6-8H,15H2,1-5H3. The lowest BCUT2D eigenvalue weighted by atomic mass is 9.92. The van der Waals surface area contributed by atoms with Gasteiger partial charge in [-0.1, -0.05) is 25.4 Å². The maximum atomic E-state index is 6.28. The Kier molecular flexibility index (Phi) is 3.87. The molecule has 1 aromatic carbocycles. The van der Waals surface area contributed by atoms with Crippen LogP contribution >= 0.6 is 11.6 Å². The van der Waals surface area contributed by atoms with Gasteiger partial charge in [-0.2, -0.15) is 0 Å². The zero-order valence-corrected chi connectivity index (χ0v) is 11.4. The van der Waals surface area contributed by atoms with Crippen LogP contribution in [0.1, 0.15) is 44.7 Å². The second-order valence-corrected chi connectivity index (χ2v) is 5.36. The molecule has 0 heterocycles. The number of rotatable bonds is 3. The molecule has 0 atom stereocenters. The lowest BCUT2D eigenvalue weighted by molar-refractivity contribution is 0.405. The maximum absolute atomic E-state index is 6.28. The van der Waals surface area contributed by atoms with Gasteiger partial charge in [0.05, 0.1) is 7.11 Å². The van der Waals surface area contributed by atoms with Gasteiger partial charge < -0.3 is 10.5 Å². The summed E-state index contributed by atoms with van der Waals surface area (Å²) in [5.41, 5.74) is 7.67. The van der Waals surface area contributed by atoms with Gasteiger partial charge in [-0.15, -0.1) is 0 Å². The first-order chi connectivity index (χ1) is 7.27. The normalized spacial score (nSPS) is 12.0. The third kappa shape index (κ3) is 2.69. The molecule has 16 heavy (non-hydrogen) atoms. The minimum Gasteiger partial charge on any atom is -0.496 e. The predicted molar refractivity (Wildman–Crippen MR) is 69.3 cm³/mol. The lowest BCUT2D eigenvalue weighted by Crippen LogP contribution is -2.28. The molecule has 3 heteroatoms. The van der Waals surface area contributed by atoms with Gasteiger partial charge in [0.2, 0.25) is 0 Å². The molecule has 1 aromatic rings. The summed E-state index contributed by atoms with van der Waals surface area (Å²) < 4.78 is 5.38. The Bertz CT molecular complexity index is 380. The molecular weight excluding hydrogens is 222 g/mol. The number of hydrogen-bond acceptors (Lipinski definition) is 2. The second kappa shape index (κ2) is 4.64. The lowest BCUT2D eigenvalue weighted by Gasteiger charge is -2.23. The van der Waals surface area contributed by atoms with Crippen molar-refractivity contribution in [3.8, 4) is 5.75 Å². The van der Waals surface area contributed by atoms with Crippen molar-refractivity contribution in [2.45, 2.75) is 39.2 Å². The average Bonchev–Trinajstić information content (AvgIpc) is 2.14. The molecule has 0 amide bonds. The highest BCUT2D eigenvalue weighted by molar-refractivity contribution is 6.31. The number of ether oxygens (including phenoxy) is 1. The van der Waals surface area contributed by atoms with Gasteiger partial charge in [0.15, 0.2) is 0 Å². The smallest absolute Gasteiger partial charge is 0.124 e. The van der Waals surface area contributed by atoms with Crippen LogP contribution in [0.15, 0.2) is 12.1 Å². The van der Waals surface area contributed by atoms with Gasteiger partial charge in [-0.3, -0.25) is 0 Å². The van der Waals surface area contributed by atoms with Gasteiger partial charge in [0, 0.05) is 16.1 Å². The SMILES string of the molecule is COc1cc(C(C)(C)N)cc(Cl)c1C(C)C. The van der Waals surface area contributed by atoms with E-state index < -0.39 is 5.54 Å². The fourth-order valence-corrected chi connectivity index (χ4v) is 2.12. The Morgan fingerprint density at radius 2 is 1.88 bits per heavy atom. The summed E-state index contributed by atoms with van der Waals surface area (Å²) in [6.07, 6.45) is 0. The number of halogens is 1. The van der Waals surface area contributed by atoms with Crippen molar-refractivity contribution in [2.24, 2.45) is 5.73 Å². The largest absolute Gasteiger partial charge is 0.496 e. The molecule has 0 saturated heterocycles. The zero-order valence-electron chi connectivity index (χ0n) is 10.6. The van der Waals surface area contributed by atoms with Crippen LogP contribution in [0.3, 0.4) is 0 Å². The van der Waals surface area contributed by atoms with Crippen molar-refractivity contribution in [3.05, 3.63) is 28.3 Å². The first-order valence-electron chi connectivity index (χ1n) is 5.44. The maximum Gasteiger partial charge on any atom is 0.124 e. The summed E-state index contributed by atoms with van der Waals surface area (Å²) >= 11 is 6.28. The summed E-state index contributed by atoms with van der Waals surface area (Å²) in [6.45, 7) is 8.09. The van der Waals surface area contributed by atoms with Gasteiger partial charge in [-0.25, -0.2) is 0 Å². The summed E-state index contributed by atoms with van der Waals surface area (Å²) in [7, 11) is 1.66. The van der Waals surface area contributed by atoms with Crippen molar-refractivity contribution >= 4 is 11.6 Å². The molecule has 2 N–H and O–H groups in total. The fraction of sp³-hybridized carbons (Fsp3) is 0.538.